The highest BCUT2D eigenvalue weighted by molar-refractivity contribution is 7.89. The molecule has 2 fully saturated rings. The summed E-state index contributed by atoms with van der Waals surface area (Å²) in [6.45, 7) is 5.91. The average Bonchev–Trinajstić information content (AvgIpc) is 2.78. The van der Waals surface area contributed by atoms with E-state index >= 15 is 4.39 Å². The minimum atomic E-state index is -3.66. The maximum atomic E-state index is 15.1. The van der Waals surface area contributed by atoms with Gasteiger partial charge < -0.3 is 9.80 Å². The van der Waals surface area contributed by atoms with Crippen LogP contribution in [-0.4, -0.2) is 55.8 Å². The molecule has 1 amide bonds. The van der Waals surface area contributed by atoms with E-state index in [0.717, 1.165) is 5.69 Å². The molecule has 2 aliphatic rings. The van der Waals surface area contributed by atoms with Gasteiger partial charge in [-0.25, -0.2) is 12.8 Å². The van der Waals surface area contributed by atoms with E-state index in [0.29, 0.717) is 55.2 Å². The second-order valence-electron chi connectivity index (χ2n) is 8.83. The summed E-state index contributed by atoms with van der Waals surface area (Å²) in [6.07, 6.45) is 1.22. The molecule has 2 unspecified atom stereocenters. The maximum Gasteiger partial charge on any atom is 0.221 e. The Balaban J connectivity index is 1.51. The van der Waals surface area contributed by atoms with Crippen LogP contribution in [0.15, 0.2) is 42.5 Å². The molecule has 0 radical (unpaired) electrons. The number of anilines is 1. The van der Waals surface area contributed by atoms with Gasteiger partial charge in [-0.3, -0.25) is 4.79 Å². The number of carbonyl (C=O) groups is 1. The van der Waals surface area contributed by atoms with E-state index in [1.807, 2.05) is 17.9 Å². The van der Waals surface area contributed by atoms with Gasteiger partial charge in [0.05, 0.1) is 0 Å². The van der Waals surface area contributed by atoms with E-state index in [2.05, 4.69) is 0 Å². The van der Waals surface area contributed by atoms with E-state index in [4.69, 9.17) is 11.6 Å². The molecule has 2 atom stereocenters. The monoisotopic (exact) mass is 493 g/mol. The van der Waals surface area contributed by atoms with Crippen LogP contribution in [0.1, 0.15) is 43.1 Å². The number of amides is 1. The van der Waals surface area contributed by atoms with Crippen LogP contribution in [0.25, 0.3) is 0 Å². The number of nitrogens with zero attached hydrogens (tertiary/aromatic N) is 3. The summed E-state index contributed by atoms with van der Waals surface area (Å²) in [5.74, 6) is -0.373. The van der Waals surface area contributed by atoms with Gasteiger partial charge in [-0.05, 0) is 49.6 Å². The van der Waals surface area contributed by atoms with Crippen molar-refractivity contribution in [1.82, 2.24) is 9.21 Å². The van der Waals surface area contributed by atoms with Crippen molar-refractivity contribution in [3.63, 3.8) is 0 Å². The van der Waals surface area contributed by atoms with Gasteiger partial charge in [0.15, 0.2) is 0 Å². The lowest BCUT2D eigenvalue weighted by atomic mass is 10.0. The van der Waals surface area contributed by atoms with Gasteiger partial charge in [0.2, 0.25) is 15.9 Å². The molecule has 2 heterocycles. The minimum Gasteiger partial charge on any atom is -0.368 e. The third kappa shape index (κ3) is 5.03. The van der Waals surface area contributed by atoms with Crippen LogP contribution in [0.4, 0.5) is 10.1 Å². The van der Waals surface area contributed by atoms with E-state index in [-0.39, 0.29) is 18.5 Å². The fraction of sp³-hybridized carbons (Fsp3) is 0.458. The van der Waals surface area contributed by atoms with Crippen LogP contribution in [0.3, 0.4) is 0 Å². The second kappa shape index (κ2) is 9.60. The molecular weight excluding hydrogens is 465 g/mol. The Morgan fingerprint density at radius 2 is 1.73 bits per heavy atom. The van der Waals surface area contributed by atoms with Crippen molar-refractivity contribution in [2.75, 3.05) is 31.1 Å². The third-order valence-corrected chi connectivity index (χ3v) is 9.34. The predicted octanol–water partition coefficient (Wildman–Crippen LogP) is 4.20. The number of rotatable bonds is 4. The highest BCUT2D eigenvalue weighted by atomic mass is 35.5. The average molecular weight is 494 g/mol. The number of halogens is 2. The topological polar surface area (TPSA) is 60.9 Å². The zero-order valence-corrected chi connectivity index (χ0v) is 20.4. The zero-order valence-electron chi connectivity index (χ0n) is 18.9. The van der Waals surface area contributed by atoms with Gasteiger partial charge in [0.25, 0.3) is 0 Å². The predicted molar refractivity (Wildman–Crippen MR) is 128 cm³/mol. The van der Waals surface area contributed by atoms with Crippen LogP contribution in [0, 0.1) is 5.82 Å². The standard InChI is InChI=1S/C24H29ClFN3O3S/c1-17-3-10-24(19-4-7-21(25)8-5-19)33(31,32)29(17)16-20-6-9-22(15-23(20)26)28-13-11-27(12-14-28)18(2)30/h4-9,15,17,24H,3,10-14,16H2,1-2H3. The molecule has 2 aliphatic heterocycles. The maximum absolute atomic E-state index is 15.1. The Kier molecular flexibility index (Phi) is 6.98. The van der Waals surface area contributed by atoms with E-state index in [9.17, 15) is 13.2 Å². The molecule has 4 rings (SSSR count). The van der Waals surface area contributed by atoms with Gasteiger partial charge >= 0.3 is 0 Å². The highest BCUT2D eigenvalue weighted by Crippen LogP contribution is 2.38. The molecule has 2 aromatic carbocycles. The van der Waals surface area contributed by atoms with E-state index < -0.39 is 21.1 Å². The summed E-state index contributed by atoms with van der Waals surface area (Å²) in [7, 11) is -3.66. The molecule has 9 heteroatoms. The Hall–Kier alpha value is -2.16. The van der Waals surface area contributed by atoms with Gasteiger partial charge in [-0.15, -0.1) is 0 Å². The van der Waals surface area contributed by atoms with Crippen molar-refractivity contribution in [2.45, 2.75) is 44.5 Å². The number of hydrogen-bond acceptors (Lipinski definition) is 4. The fourth-order valence-electron chi connectivity index (χ4n) is 4.67. The first kappa shape index (κ1) is 24.0. The second-order valence-corrected chi connectivity index (χ2v) is 11.3. The van der Waals surface area contributed by atoms with Crippen molar-refractivity contribution < 1.29 is 17.6 Å². The van der Waals surface area contributed by atoms with Crippen LogP contribution in [-0.2, 0) is 21.4 Å². The summed E-state index contributed by atoms with van der Waals surface area (Å²) in [4.78, 5) is 15.3. The first-order valence-corrected chi connectivity index (χ1v) is 13.1. The molecular formula is C24H29ClFN3O3S. The summed E-state index contributed by atoms with van der Waals surface area (Å²) in [5, 5.41) is -0.104. The third-order valence-electron chi connectivity index (χ3n) is 6.72. The summed E-state index contributed by atoms with van der Waals surface area (Å²) >= 11 is 5.97. The molecule has 2 aromatic rings. The number of piperazine rings is 1. The molecule has 0 aliphatic carbocycles. The van der Waals surface area contributed by atoms with Crippen LogP contribution in [0.2, 0.25) is 5.02 Å². The Labute approximate surface area is 200 Å². The van der Waals surface area contributed by atoms with Crippen molar-refractivity contribution in [2.24, 2.45) is 0 Å². The quantitative estimate of drug-likeness (QED) is 0.640. The van der Waals surface area contributed by atoms with E-state index in [1.165, 1.54) is 10.4 Å². The van der Waals surface area contributed by atoms with Crippen LogP contribution < -0.4 is 4.90 Å². The summed E-state index contributed by atoms with van der Waals surface area (Å²) in [5.41, 5.74) is 1.80. The van der Waals surface area contributed by atoms with Crippen molar-refractivity contribution in [3.8, 4) is 0 Å². The summed E-state index contributed by atoms with van der Waals surface area (Å²) < 4.78 is 43.4. The number of hydrogen-bond donors (Lipinski definition) is 0. The lowest BCUT2D eigenvalue weighted by Gasteiger charge is -2.38. The molecule has 0 aromatic heterocycles. The largest absolute Gasteiger partial charge is 0.368 e. The fourth-order valence-corrected chi connectivity index (χ4v) is 6.98. The van der Waals surface area contributed by atoms with E-state index in [1.54, 1.807) is 42.2 Å². The Morgan fingerprint density at radius 3 is 2.33 bits per heavy atom. The normalized spacial score (nSPS) is 23.5. The SMILES string of the molecule is CC(=O)N1CCN(c2ccc(CN3C(C)CCC(c4ccc(Cl)cc4)S3(=O)=O)c(F)c2)CC1. The smallest absolute Gasteiger partial charge is 0.221 e. The lowest BCUT2D eigenvalue weighted by molar-refractivity contribution is -0.129. The van der Waals surface area contributed by atoms with Crippen molar-refractivity contribution in [1.29, 1.82) is 0 Å². The lowest BCUT2D eigenvalue weighted by Crippen LogP contribution is -2.48. The first-order valence-electron chi connectivity index (χ1n) is 11.2. The molecule has 33 heavy (non-hydrogen) atoms. The molecule has 2 saturated heterocycles. The van der Waals surface area contributed by atoms with Crippen LogP contribution in [0.5, 0.6) is 0 Å². The first-order chi connectivity index (χ1) is 15.7. The molecule has 0 bridgehead atoms. The highest BCUT2D eigenvalue weighted by Gasteiger charge is 2.40. The van der Waals surface area contributed by atoms with Gasteiger partial charge in [0, 0.05) is 62.0 Å². The number of benzene rings is 2. The minimum absolute atomic E-state index is 0.00217. The van der Waals surface area contributed by atoms with Gasteiger partial charge in [0.1, 0.15) is 11.1 Å². The number of sulfonamides is 1. The molecule has 0 saturated carbocycles. The molecule has 0 N–H and O–H groups in total. The van der Waals surface area contributed by atoms with Crippen molar-refractivity contribution in [3.05, 3.63) is 64.4 Å². The van der Waals surface area contributed by atoms with Crippen molar-refractivity contribution >= 4 is 33.2 Å². The van der Waals surface area contributed by atoms with Crippen LogP contribution >= 0.6 is 11.6 Å². The van der Waals surface area contributed by atoms with Gasteiger partial charge in [-0.1, -0.05) is 29.8 Å². The number of carbonyl (C=O) groups excluding carboxylic acids is 1. The van der Waals surface area contributed by atoms with Gasteiger partial charge in [-0.2, -0.15) is 4.31 Å². The zero-order chi connectivity index (χ0) is 23.8. The summed E-state index contributed by atoms with van der Waals surface area (Å²) in [6, 6.07) is 11.7. The molecule has 178 valence electrons. The Morgan fingerprint density at radius 1 is 1.06 bits per heavy atom. The molecule has 0 spiro atoms. The molecule has 6 nitrogen and oxygen atoms in total. The Bertz CT molecular complexity index is 1120.